The fraction of sp³-hybridized carbons (Fsp3) is 0.700. The van der Waals surface area contributed by atoms with Gasteiger partial charge in [0.2, 0.25) is 0 Å². The fourth-order valence-electron chi connectivity index (χ4n) is 4.29. The first-order valence-electron chi connectivity index (χ1n) is 9.51. The molecule has 2 atom stereocenters. The van der Waals surface area contributed by atoms with Crippen LogP contribution in [-0.4, -0.2) is 55.1 Å². The monoisotopic (exact) mass is 315 g/mol. The summed E-state index contributed by atoms with van der Waals surface area (Å²) in [5.41, 5.74) is 1.45. The summed E-state index contributed by atoms with van der Waals surface area (Å²) in [4.78, 5) is 5.43. The first kappa shape index (κ1) is 16.9. The van der Waals surface area contributed by atoms with Gasteiger partial charge in [0.25, 0.3) is 0 Å². The fourth-order valence-corrected chi connectivity index (χ4v) is 4.29. The van der Waals surface area contributed by atoms with Crippen LogP contribution in [0.25, 0.3) is 0 Å². The van der Waals surface area contributed by atoms with E-state index in [1.165, 1.54) is 64.1 Å². The Morgan fingerprint density at radius 2 is 1.91 bits per heavy atom. The van der Waals surface area contributed by atoms with Crippen molar-refractivity contribution in [2.24, 2.45) is 5.92 Å². The quantitative estimate of drug-likeness (QED) is 0.870. The summed E-state index contributed by atoms with van der Waals surface area (Å²) < 4.78 is 0. The molecule has 2 heterocycles. The minimum atomic E-state index is 0.541. The van der Waals surface area contributed by atoms with Crippen molar-refractivity contribution >= 4 is 0 Å². The van der Waals surface area contributed by atoms with Crippen LogP contribution in [0.2, 0.25) is 0 Å². The molecule has 1 N–H and O–H groups in total. The third kappa shape index (κ3) is 4.34. The van der Waals surface area contributed by atoms with E-state index in [9.17, 15) is 0 Å². The van der Waals surface area contributed by atoms with E-state index in [0.29, 0.717) is 6.04 Å². The van der Waals surface area contributed by atoms with Crippen LogP contribution in [0.3, 0.4) is 0 Å². The van der Waals surface area contributed by atoms with Crippen LogP contribution in [0.5, 0.6) is 0 Å². The van der Waals surface area contributed by atoms with Gasteiger partial charge in [-0.2, -0.15) is 0 Å². The van der Waals surface area contributed by atoms with Crippen LogP contribution in [0, 0.1) is 5.92 Å². The van der Waals surface area contributed by atoms with Crippen LogP contribution < -0.4 is 5.32 Å². The molecule has 3 nitrogen and oxygen atoms in total. The maximum absolute atomic E-state index is 3.49. The summed E-state index contributed by atoms with van der Waals surface area (Å²) in [5, 5.41) is 3.49. The lowest BCUT2D eigenvalue weighted by atomic mass is 9.97. The molecule has 0 saturated carbocycles. The zero-order chi connectivity index (χ0) is 16.1. The number of nitrogens with one attached hydrogen (secondary N) is 1. The highest BCUT2D eigenvalue weighted by Gasteiger charge is 2.31. The molecule has 23 heavy (non-hydrogen) atoms. The first-order chi connectivity index (χ1) is 11.3. The zero-order valence-electron chi connectivity index (χ0n) is 14.9. The number of piperidine rings is 1. The summed E-state index contributed by atoms with van der Waals surface area (Å²) in [6.45, 7) is 12.1. The second-order valence-corrected chi connectivity index (χ2v) is 7.31. The van der Waals surface area contributed by atoms with Crippen molar-refractivity contribution < 1.29 is 0 Å². The Morgan fingerprint density at radius 1 is 1.17 bits per heavy atom. The van der Waals surface area contributed by atoms with Crippen molar-refractivity contribution in [2.45, 2.75) is 45.2 Å². The van der Waals surface area contributed by atoms with Gasteiger partial charge in [-0.25, -0.2) is 0 Å². The number of likely N-dealkylation sites (tertiary alicyclic amines) is 1. The van der Waals surface area contributed by atoms with Gasteiger partial charge in [0.1, 0.15) is 0 Å². The normalized spacial score (nSPS) is 25.1. The van der Waals surface area contributed by atoms with E-state index in [0.717, 1.165) is 12.0 Å². The molecule has 2 saturated heterocycles. The molecule has 2 aliphatic heterocycles. The van der Waals surface area contributed by atoms with Crippen molar-refractivity contribution in [1.29, 1.82) is 0 Å². The molecule has 0 radical (unpaired) electrons. The molecule has 128 valence electrons. The molecule has 1 aromatic rings. The van der Waals surface area contributed by atoms with Crippen LogP contribution >= 0.6 is 0 Å². The van der Waals surface area contributed by atoms with Gasteiger partial charge in [-0.15, -0.1) is 0 Å². The highest BCUT2D eigenvalue weighted by molar-refractivity contribution is 5.18. The van der Waals surface area contributed by atoms with Gasteiger partial charge in [-0.3, -0.25) is 9.80 Å². The van der Waals surface area contributed by atoms with Gasteiger partial charge < -0.3 is 5.32 Å². The third-order valence-electron chi connectivity index (χ3n) is 5.90. The van der Waals surface area contributed by atoms with Gasteiger partial charge >= 0.3 is 0 Å². The number of hydrogen-bond acceptors (Lipinski definition) is 3. The van der Waals surface area contributed by atoms with E-state index in [1.807, 2.05) is 0 Å². The molecule has 3 heteroatoms. The predicted octanol–water partition coefficient (Wildman–Crippen LogP) is 3.14. The van der Waals surface area contributed by atoms with Gasteiger partial charge in [0, 0.05) is 31.7 Å². The van der Waals surface area contributed by atoms with E-state index < -0.39 is 0 Å². The number of likely N-dealkylation sites (N-methyl/N-ethyl adjacent to an activating group) is 1. The van der Waals surface area contributed by atoms with Crippen molar-refractivity contribution in [2.75, 3.05) is 39.3 Å². The highest BCUT2D eigenvalue weighted by atomic mass is 15.3. The molecule has 0 aliphatic carbocycles. The van der Waals surface area contributed by atoms with Crippen molar-refractivity contribution in [3.05, 3.63) is 35.9 Å². The van der Waals surface area contributed by atoms with Crippen LogP contribution in [0.15, 0.2) is 30.3 Å². The SMILES string of the molecule is CCN(CC1CCNCC1)C1CCN(C(C)c2ccccc2)C1. The Hall–Kier alpha value is -0.900. The Kier molecular flexibility index (Phi) is 6.09. The molecular weight excluding hydrogens is 282 g/mol. The van der Waals surface area contributed by atoms with Crippen LogP contribution in [-0.2, 0) is 0 Å². The topological polar surface area (TPSA) is 18.5 Å². The van der Waals surface area contributed by atoms with Crippen LogP contribution in [0.1, 0.15) is 44.7 Å². The minimum Gasteiger partial charge on any atom is -0.317 e. The Balaban J connectivity index is 1.54. The number of nitrogens with zero attached hydrogens (tertiary/aromatic N) is 2. The molecular formula is C20H33N3. The van der Waals surface area contributed by atoms with Gasteiger partial charge in [0.05, 0.1) is 0 Å². The standard InChI is InChI=1S/C20H33N3/c1-3-22(15-18-9-12-21-13-10-18)20-11-14-23(16-20)17(2)19-7-5-4-6-8-19/h4-8,17-18,20-21H,3,9-16H2,1-2H3. The molecule has 3 rings (SSSR count). The van der Waals surface area contributed by atoms with Crippen LogP contribution in [0.4, 0.5) is 0 Å². The Morgan fingerprint density at radius 3 is 2.61 bits per heavy atom. The first-order valence-corrected chi connectivity index (χ1v) is 9.51. The molecule has 0 aromatic heterocycles. The summed E-state index contributed by atoms with van der Waals surface area (Å²) >= 11 is 0. The van der Waals surface area contributed by atoms with E-state index in [-0.39, 0.29) is 0 Å². The maximum atomic E-state index is 3.49. The molecule has 0 amide bonds. The lowest BCUT2D eigenvalue weighted by Crippen LogP contribution is -2.43. The Labute approximate surface area is 142 Å². The molecule has 1 aromatic carbocycles. The van der Waals surface area contributed by atoms with Gasteiger partial charge in [-0.1, -0.05) is 37.3 Å². The van der Waals surface area contributed by atoms with Crippen molar-refractivity contribution in [3.63, 3.8) is 0 Å². The number of benzene rings is 1. The minimum absolute atomic E-state index is 0.541. The largest absolute Gasteiger partial charge is 0.317 e. The maximum Gasteiger partial charge on any atom is 0.0320 e. The lowest BCUT2D eigenvalue weighted by Gasteiger charge is -2.34. The van der Waals surface area contributed by atoms with Gasteiger partial charge in [-0.05, 0) is 57.3 Å². The Bertz CT molecular complexity index is 455. The molecule has 2 unspecified atom stereocenters. The lowest BCUT2D eigenvalue weighted by molar-refractivity contribution is 0.151. The van der Waals surface area contributed by atoms with E-state index in [4.69, 9.17) is 0 Å². The van der Waals surface area contributed by atoms with E-state index in [2.05, 4.69) is 59.3 Å². The molecule has 0 bridgehead atoms. The molecule has 0 spiro atoms. The van der Waals surface area contributed by atoms with E-state index >= 15 is 0 Å². The second-order valence-electron chi connectivity index (χ2n) is 7.31. The average molecular weight is 316 g/mol. The van der Waals surface area contributed by atoms with E-state index in [1.54, 1.807) is 0 Å². The third-order valence-corrected chi connectivity index (χ3v) is 5.90. The molecule has 2 aliphatic rings. The number of hydrogen-bond donors (Lipinski definition) is 1. The highest BCUT2D eigenvalue weighted by Crippen LogP contribution is 2.27. The molecule has 2 fully saturated rings. The summed E-state index contributed by atoms with van der Waals surface area (Å²) in [5.74, 6) is 0.900. The summed E-state index contributed by atoms with van der Waals surface area (Å²) in [6, 6.07) is 12.3. The second kappa shape index (κ2) is 8.27. The van der Waals surface area contributed by atoms with Gasteiger partial charge in [0.15, 0.2) is 0 Å². The smallest absolute Gasteiger partial charge is 0.0320 e. The van der Waals surface area contributed by atoms with Crippen molar-refractivity contribution in [1.82, 2.24) is 15.1 Å². The average Bonchev–Trinajstić information content (AvgIpc) is 3.10. The predicted molar refractivity (Wildman–Crippen MR) is 97.7 cm³/mol. The summed E-state index contributed by atoms with van der Waals surface area (Å²) in [7, 11) is 0. The number of rotatable bonds is 6. The van der Waals surface area contributed by atoms with Crippen molar-refractivity contribution in [3.8, 4) is 0 Å². The zero-order valence-corrected chi connectivity index (χ0v) is 14.9. The summed E-state index contributed by atoms with van der Waals surface area (Å²) in [6.07, 6.45) is 4.04.